The van der Waals surface area contributed by atoms with E-state index in [-0.39, 0.29) is 11.5 Å². The molecule has 222 valence electrons. The molecule has 0 aromatic heterocycles. The highest BCUT2D eigenvalue weighted by atomic mass is 16.3. The third-order valence-corrected chi connectivity index (χ3v) is 7.09. The van der Waals surface area contributed by atoms with Gasteiger partial charge >= 0.3 is 0 Å². The van der Waals surface area contributed by atoms with E-state index in [1.54, 1.807) is 0 Å². The second-order valence-electron chi connectivity index (χ2n) is 12.4. The van der Waals surface area contributed by atoms with Crippen LogP contribution in [0.2, 0.25) is 0 Å². The zero-order valence-electron chi connectivity index (χ0n) is 27.6. The van der Waals surface area contributed by atoms with Gasteiger partial charge in [0.25, 0.3) is 0 Å². The smallest absolute Gasteiger partial charge is 0.0585 e. The van der Waals surface area contributed by atoms with Crippen molar-refractivity contribution < 1.29 is 5.11 Å². The second-order valence-corrected chi connectivity index (χ2v) is 12.4. The fourth-order valence-electron chi connectivity index (χ4n) is 4.77. The average Bonchev–Trinajstić information content (AvgIpc) is 2.85. The molecule has 1 aliphatic rings. The SMILES string of the molecule is CC(C)=CCC/C(C)=C/C=C/C(C)=C\C=C/C(C)=C/C=C/C=C(C)/C=C\C=C(C)/C=C/C1=C(C)CC(O)CC1(C)C. The molecule has 0 aromatic carbocycles. The molecule has 1 nitrogen and oxygen atoms in total. The highest BCUT2D eigenvalue weighted by molar-refractivity contribution is 5.38. The second kappa shape index (κ2) is 19.1. The number of hydrogen-bond donors (Lipinski definition) is 1. The van der Waals surface area contributed by atoms with Crippen molar-refractivity contribution in [3.63, 3.8) is 0 Å². The molecule has 0 saturated carbocycles. The summed E-state index contributed by atoms with van der Waals surface area (Å²) >= 11 is 0. The van der Waals surface area contributed by atoms with Crippen LogP contribution in [0.5, 0.6) is 0 Å². The Morgan fingerprint density at radius 1 is 0.707 bits per heavy atom. The summed E-state index contributed by atoms with van der Waals surface area (Å²) in [7, 11) is 0. The summed E-state index contributed by atoms with van der Waals surface area (Å²) in [6.07, 6.45) is 38.0. The van der Waals surface area contributed by atoms with Gasteiger partial charge in [0.1, 0.15) is 0 Å². The first-order chi connectivity index (χ1) is 19.3. The maximum atomic E-state index is 10.1. The van der Waals surface area contributed by atoms with Gasteiger partial charge in [0.05, 0.1) is 6.10 Å². The molecular formula is C40H56O. The Hall–Kier alpha value is -3.16. The molecule has 1 N–H and O–H groups in total. The Labute approximate surface area is 252 Å². The van der Waals surface area contributed by atoms with Crippen LogP contribution < -0.4 is 0 Å². The van der Waals surface area contributed by atoms with Crippen LogP contribution in [0, 0.1) is 5.41 Å². The quantitative estimate of drug-likeness (QED) is 0.178. The highest BCUT2D eigenvalue weighted by Crippen LogP contribution is 2.41. The minimum absolute atomic E-state index is 0.0115. The summed E-state index contributed by atoms with van der Waals surface area (Å²) < 4.78 is 0. The van der Waals surface area contributed by atoms with Gasteiger partial charge in [-0.3, -0.25) is 0 Å². The number of aliphatic hydroxyl groups is 1. The lowest BCUT2D eigenvalue weighted by Gasteiger charge is -2.35. The molecule has 41 heavy (non-hydrogen) atoms. The van der Waals surface area contributed by atoms with Crippen LogP contribution in [0.25, 0.3) is 0 Å². The summed E-state index contributed by atoms with van der Waals surface area (Å²) in [5.41, 5.74) is 10.3. The summed E-state index contributed by atoms with van der Waals surface area (Å²) in [5.74, 6) is 0. The van der Waals surface area contributed by atoms with Crippen LogP contribution in [0.1, 0.15) is 94.9 Å². The minimum atomic E-state index is -0.222. The van der Waals surface area contributed by atoms with E-state index in [4.69, 9.17) is 0 Å². The van der Waals surface area contributed by atoms with Crippen molar-refractivity contribution in [2.45, 2.75) is 101 Å². The summed E-state index contributed by atoms with van der Waals surface area (Å²) in [4.78, 5) is 0. The Kier molecular flexibility index (Phi) is 16.7. The molecule has 0 saturated heterocycles. The molecule has 0 spiro atoms. The number of hydrogen-bond acceptors (Lipinski definition) is 1. The molecule has 1 aliphatic carbocycles. The van der Waals surface area contributed by atoms with Gasteiger partial charge in [-0.25, -0.2) is 0 Å². The summed E-state index contributed by atoms with van der Waals surface area (Å²) in [6.45, 7) is 21.6. The lowest BCUT2D eigenvalue weighted by molar-refractivity contribution is 0.116. The monoisotopic (exact) mass is 552 g/mol. The number of rotatable bonds is 13. The fraction of sp³-hybridized carbons (Fsp3) is 0.400. The van der Waals surface area contributed by atoms with Crippen molar-refractivity contribution >= 4 is 0 Å². The maximum absolute atomic E-state index is 10.1. The maximum Gasteiger partial charge on any atom is 0.0585 e. The van der Waals surface area contributed by atoms with Crippen LogP contribution in [-0.2, 0) is 0 Å². The topological polar surface area (TPSA) is 20.2 Å². The Morgan fingerprint density at radius 3 is 1.66 bits per heavy atom. The van der Waals surface area contributed by atoms with Crippen LogP contribution in [0.3, 0.4) is 0 Å². The predicted octanol–water partition coefficient (Wildman–Crippen LogP) is 11.7. The molecule has 0 amide bonds. The Bertz CT molecular complexity index is 1220. The minimum Gasteiger partial charge on any atom is -0.393 e. The normalized spacial score (nSPS) is 20.2. The van der Waals surface area contributed by atoms with E-state index in [9.17, 15) is 5.11 Å². The molecule has 1 atom stereocenters. The van der Waals surface area contributed by atoms with Crippen LogP contribution >= 0.6 is 0 Å². The molecule has 1 heteroatoms. The summed E-state index contributed by atoms with van der Waals surface area (Å²) in [5, 5.41) is 10.1. The lowest BCUT2D eigenvalue weighted by Crippen LogP contribution is -2.28. The lowest BCUT2D eigenvalue weighted by atomic mass is 9.71. The molecular weight excluding hydrogens is 496 g/mol. The number of allylic oxidation sites excluding steroid dienone is 23. The van der Waals surface area contributed by atoms with Gasteiger partial charge < -0.3 is 5.11 Å². The van der Waals surface area contributed by atoms with E-state index in [2.05, 4.69) is 166 Å². The van der Waals surface area contributed by atoms with Gasteiger partial charge in [0.2, 0.25) is 0 Å². The van der Waals surface area contributed by atoms with E-state index in [1.165, 1.54) is 44.6 Å². The predicted molar refractivity (Wildman–Crippen MR) is 185 cm³/mol. The van der Waals surface area contributed by atoms with Crippen molar-refractivity contribution in [3.8, 4) is 0 Å². The van der Waals surface area contributed by atoms with E-state index in [0.29, 0.717) is 0 Å². The van der Waals surface area contributed by atoms with Gasteiger partial charge in [-0.05, 0) is 92.1 Å². The Balaban J connectivity index is 2.60. The Morgan fingerprint density at radius 2 is 1.17 bits per heavy atom. The molecule has 0 radical (unpaired) electrons. The van der Waals surface area contributed by atoms with Gasteiger partial charge in [-0.15, -0.1) is 0 Å². The fourth-order valence-corrected chi connectivity index (χ4v) is 4.77. The van der Waals surface area contributed by atoms with Crippen molar-refractivity contribution in [3.05, 3.63) is 142 Å². The zero-order chi connectivity index (χ0) is 30.8. The number of aliphatic hydroxyl groups excluding tert-OH is 1. The molecule has 0 heterocycles. The van der Waals surface area contributed by atoms with E-state index in [0.717, 1.165) is 25.7 Å². The average molecular weight is 553 g/mol. The molecule has 1 unspecified atom stereocenters. The molecule has 0 aromatic rings. The van der Waals surface area contributed by atoms with Crippen LogP contribution in [-0.4, -0.2) is 11.2 Å². The van der Waals surface area contributed by atoms with Crippen molar-refractivity contribution in [1.29, 1.82) is 0 Å². The largest absolute Gasteiger partial charge is 0.393 e. The standard InChI is InChI=1S/C40H56O/c1-31(2)17-13-20-34(5)23-15-25-35(6)24-14-21-32(3)18-11-12-19-33(4)22-16-26-36(7)27-28-39-37(8)29-38(41)30-40(39,9)10/h11-12,14-19,21-28,38,41H,13,20,29-30H2,1-10H3/b12-11+,21-14-,22-16-,25-15+,28-27+,32-18+,33-19+,34-23+,35-24-,36-26-. The van der Waals surface area contributed by atoms with Crippen molar-refractivity contribution in [2.75, 3.05) is 0 Å². The molecule has 0 aliphatic heterocycles. The van der Waals surface area contributed by atoms with Gasteiger partial charge in [0, 0.05) is 0 Å². The van der Waals surface area contributed by atoms with Crippen molar-refractivity contribution in [2.24, 2.45) is 5.41 Å². The van der Waals surface area contributed by atoms with Crippen LogP contribution in [0.15, 0.2) is 142 Å². The van der Waals surface area contributed by atoms with E-state index in [1.807, 2.05) is 0 Å². The van der Waals surface area contributed by atoms with Gasteiger partial charge in [-0.1, -0.05) is 150 Å². The van der Waals surface area contributed by atoms with Gasteiger partial charge in [0.15, 0.2) is 0 Å². The van der Waals surface area contributed by atoms with Crippen molar-refractivity contribution in [1.82, 2.24) is 0 Å². The van der Waals surface area contributed by atoms with Crippen LogP contribution in [0.4, 0.5) is 0 Å². The van der Waals surface area contributed by atoms with Gasteiger partial charge in [-0.2, -0.15) is 0 Å². The van der Waals surface area contributed by atoms with E-state index < -0.39 is 0 Å². The third-order valence-electron chi connectivity index (χ3n) is 7.09. The van der Waals surface area contributed by atoms with E-state index >= 15 is 0 Å². The first kappa shape index (κ1) is 35.9. The highest BCUT2D eigenvalue weighted by Gasteiger charge is 2.31. The first-order valence-electron chi connectivity index (χ1n) is 15.1. The molecule has 1 rings (SSSR count). The first-order valence-corrected chi connectivity index (χ1v) is 15.1. The third kappa shape index (κ3) is 16.6. The summed E-state index contributed by atoms with van der Waals surface area (Å²) in [6, 6.07) is 0. The zero-order valence-corrected chi connectivity index (χ0v) is 27.6. The molecule has 0 fully saturated rings. The molecule has 0 bridgehead atoms.